The van der Waals surface area contributed by atoms with Crippen LogP contribution in [0.15, 0.2) is 30.5 Å². The lowest BCUT2D eigenvalue weighted by Gasteiger charge is -1.93. The third-order valence-corrected chi connectivity index (χ3v) is 2.27. The van der Waals surface area contributed by atoms with Crippen molar-refractivity contribution in [1.29, 1.82) is 0 Å². The Balaban J connectivity index is 0.000000617. The molecule has 0 bridgehead atoms. The number of rotatable bonds is 0. The average molecular weight is 439 g/mol. The van der Waals surface area contributed by atoms with E-state index in [0.29, 0.717) is 5.02 Å². The summed E-state index contributed by atoms with van der Waals surface area (Å²) in [6.45, 7) is 0. The van der Waals surface area contributed by atoms with E-state index in [9.17, 15) is 0 Å². The van der Waals surface area contributed by atoms with Crippen molar-refractivity contribution in [2.45, 2.75) is 0 Å². The summed E-state index contributed by atoms with van der Waals surface area (Å²) >= 11 is 17.3. The number of pyridine rings is 1. The van der Waals surface area contributed by atoms with E-state index in [1.54, 1.807) is 6.20 Å². The zero-order valence-corrected chi connectivity index (χ0v) is 13.5. The van der Waals surface area contributed by atoms with E-state index in [1.807, 2.05) is 24.3 Å². The minimum absolute atomic E-state index is 0. The van der Waals surface area contributed by atoms with Gasteiger partial charge in [-0.15, -0.1) is 0 Å². The highest BCUT2D eigenvalue weighted by atomic mass is 80.9. The van der Waals surface area contributed by atoms with Crippen molar-refractivity contribution in [1.82, 2.24) is 0 Å². The number of hydrogen-bond donors (Lipinski definition) is 0. The Morgan fingerprint density at radius 3 is 2.40 bits per heavy atom. The van der Waals surface area contributed by atoms with E-state index in [2.05, 4.69) is 33.2 Å². The van der Waals surface area contributed by atoms with Gasteiger partial charge in [-0.3, -0.25) is 0 Å². The molecule has 2 rings (SSSR count). The van der Waals surface area contributed by atoms with Gasteiger partial charge in [0.2, 0.25) is 5.52 Å². The SMILES string of the molecule is BrBr.Clc1ccc2c(Cl)cc[nH+]c2c1.[Br-]. The molecule has 0 aliphatic heterocycles. The van der Waals surface area contributed by atoms with Crippen LogP contribution in [0, 0.1) is 0 Å². The normalized spacial score (nSPS) is 8.80. The summed E-state index contributed by atoms with van der Waals surface area (Å²) in [4.78, 5) is 3.06. The Morgan fingerprint density at radius 1 is 1.07 bits per heavy atom. The Hall–Kier alpha value is 0.650. The lowest BCUT2D eigenvalue weighted by molar-refractivity contribution is -0.344. The molecule has 1 N–H and O–H groups in total. The number of aromatic nitrogens is 1. The predicted octanol–water partition coefficient (Wildman–Crippen LogP) is 1.66. The van der Waals surface area contributed by atoms with Gasteiger partial charge in [-0.1, -0.05) is 23.2 Å². The third-order valence-electron chi connectivity index (χ3n) is 1.71. The Bertz CT molecular complexity index is 437. The summed E-state index contributed by atoms with van der Waals surface area (Å²) in [6, 6.07) is 7.39. The molecule has 0 radical (unpaired) electrons. The fraction of sp³-hybridized carbons (Fsp3) is 0. The second kappa shape index (κ2) is 7.85. The molecule has 0 spiro atoms. The highest BCUT2D eigenvalue weighted by molar-refractivity contribution is 9.93. The summed E-state index contributed by atoms with van der Waals surface area (Å²) in [7, 11) is 0. The van der Waals surface area contributed by atoms with E-state index in [1.165, 1.54) is 0 Å². The van der Waals surface area contributed by atoms with E-state index >= 15 is 0 Å². The van der Waals surface area contributed by atoms with Crippen molar-refractivity contribution >= 4 is 62.4 Å². The summed E-state index contributed by atoms with van der Waals surface area (Å²) < 4.78 is 0. The van der Waals surface area contributed by atoms with Gasteiger partial charge in [0.1, 0.15) is 0 Å². The first-order valence-electron chi connectivity index (χ1n) is 3.67. The molecule has 0 aliphatic carbocycles. The van der Waals surface area contributed by atoms with Crippen LogP contribution in [0.4, 0.5) is 0 Å². The first-order valence-corrected chi connectivity index (χ1v) is 8.14. The zero-order valence-electron chi connectivity index (χ0n) is 7.28. The second-order valence-electron chi connectivity index (χ2n) is 2.52. The van der Waals surface area contributed by atoms with Gasteiger partial charge in [-0.05, 0) is 12.1 Å². The quantitative estimate of drug-likeness (QED) is 0.594. The number of H-pyrrole nitrogens is 1. The van der Waals surface area contributed by atoms with E-state index in [0.717, 1.165) is 15.9 Å². The van der Waals surface area contributed by atoms with E-state index in [4.69, 9.17) is 23.2 Å². The highest BCUT2D eigenvalue weighted by Gasteiger charge is 2.03. The molecule has 0 atom stereocenters. The maximum absolute atomic E-state index is 5.95. The molecular weight excluding hydrogens is 433 g/mol. The van der Waals surface area contributed by atoms with Gasteiger partial charge in [-0.25, -0.2) is 4.98 Å². The van der Waals surface area contributed by atoms with Crippen LogP contribution in [0.1, 0.15) is 0 Å². The molecule has 1 aromatic heterocycles. The molecule has 0 fully saturated rings. The Labute approximate surface area is 124 Å². The lowest BCUT2D eigenvalue weighted by atomic mass is 10.2. The van der Waals surface area contributed by atoms with Crippen LogP contribution in [0.5, 0.6) is 0 Å². The number of hydrogen-bond acceptors (Lipinski definition) is 0. The van der Waals surface area contributed by atoms with Gasteiger partial charge < -0.3 is 17.0 Å². The van der Waals surface area contributed by atoms with E-state index in [-0.39, 0.29) is 17.0 Å². The molecular formula is C9H6Br3Cl2N. The van der Waals surface area contributed by atoms with Gasteiger partial charge in [0.25, 0.3) is 0 Å². The minimum atomic E-state index is 0. The summed E-state index contributed by atoms with van der Waals surface area (Å²) in [5.74, 6) is 0. The monoisotopic (exact) mass is 435 g/mol. The third kappa shape index (κ3) is 4.19. The van der Waals surface area contributed by atoms with Crippen molar-refractivity contribution in [3.05, 3.63) is 40.5 Å². The fourth-order valence-electron chi connectivity index (χ4n) is 1.14. The topological polar surface area (TPSA) is 14.1 Å². The van der Waals surface area contributed by atoms with Gasteiger partial charge in [-0.2, -0.15) is 0 Å². The first kappa shape index (κ1) is 15.7. The maximum atomic E-state index is 5.95. The molecule has 82 valence electrons. The Kier molecular flexibility index (Phi) is 8.19. The molecule has 0 saturated carbocycles. The summed E-state index contributed by atoms with van der Waals surface area (Å²) in [5.41, 5.74) is 0.954. The smallest absolute Gasteiger partial charge is 0.213 e. The molecule has 15 heavy (non-hydrogen) atoms. The fourth-order valence-corrected chi connectivity index (χ4v) is 1.54. The van der Waals surface area contributed by atoms with Crippen molar-refractivity contribution in [3.63, 3.8) is 0 Å². The number of benzene rings is 1. The average Bonchev–Trinajstić information content (AvgIpc) is 2.21. The van der Waals surface area contributed by atoms with Crippen LogP contribution in [0.25, 0.3) is 10.9 Å². The molecule has 0 saturated heterocycles. The van der Waals surface area contributed by atoms with Gasteiger partial charge in [0.05, 0.1) is 10.4 Å². The van der Waals surface area contributed by atoms with Crippen LogP contribution in [0.3, 0.4) is 0 Å². The van der Waals surface area contributed by atoms with Gasteiger partial charge >= 0.3 is 0 Å². The minimum Gasteiger partial charge on any atom is -1.00 e. The van der Waals surface area contributed by atoms with Crippen LogP contribution in [0.2, 0.25) is 10.0 Å². The van der Waals surface area contributed by atoms with E-state index < -0.39 is 0 Å². The number of aromatic amines is 1. The molecule has 1 heterocycles. The van der Waals surface area contributed by atoms with Crippen LogP contribution >= 0.6 is 51.5 Å². The maximum Gasteiger partial charge on any atom is 0.213 e. The molecule has 1 nitrogen and oxygen atoms in total. The Morgan fingerprint density at radius 2 is 1.73 bits per heavy atom. The highest BCUT2D eigenvalue weighted by Crippen LogP contribution is 2.21. The number of nitrogens with one attached hydrogen (secondary N) is 1. The molecule has 0 unspecified atom stereocenters. The predicted molar refractivity (Wildman–Crippen MR) is 68.4 cm³/mol. The summed E-state index contributed by atoms with van der Waals surface area (Å²) in [6.07, 6.45) is 1.79. The molecule has 6 heteroatoms. The van der Waals surface area contributed by atoms with Crippen LogP contribution in [-0.2, 0) is 0 Å². The molecule has 1 aromatic carbocycles. The van der Waals surface area contributed by atoms with Gasteiger partial charge in [0, 0.05) is 45.4 Å². The molecule has 0 aliphatic rings. The molecule has 2 aromatic rings. The van der Waals surface area contributed by atoms with Crippen molar-refractivity contribution in [2.24, 2.45) is 0 Å². The first-order chi connectivity index (χ1) is 6.77. The van der Waals surface area contributed by atoms with Crippen LogP contribution in [-0.4, -0.2) is 0 Å². The van der Waals surface area contributed by atoms with Gasteiger partial charge in [0.15, 0.2) is 6.20 Å². The standard InChI is InChI=1S/C9H5Cl2N.Br2.BrH/c10-6-1-2-7-8(11)3-4-12-9(7)5-6;1-2;/h1-5H;;1H. The van der Waals surface area contributed by atoms with Crippen molar-refractivity contribution < 1.29 is 22.0 Å². The summed E-state index contributed by atoms with van der Waals surface area (Å²) in [5, 5.41) is 2.44. The van der Waals surface area contributed by atoms with Crippen LogP contribution < -0.4 is 22.0 Å². The largest absolute Gasteiger partial charge is 1.00 e. The van der Waals surface area contributed by atoms with Crippen molar-refractivity contribution in [2.75, 3.05) is 0 Å². The zero-order chi connectivity index (χ0) is 10.6. The lowest BCUT2D eigenvalue weighted by Crippen LogP contribution is -3.00. The number of fused-ring (bicyclic) bond motifs is 1. The second-order valence-corrected chi connectivity index (χ2v) is 3.36. The molecule has 0 amide bonds. The van der Waals surface area contributed by atoms with Crippen molar-refractivity contribution in [3.8, 4) is 0 Å². The number of halogens is 5.